The number of aromatic amines is 1. The molecule has 1 saturated carbocycles. The number of alkyl halides is 6. The molecule has 5 aromatic rings. The van der Waals surface area contributed by atoms with Gasteiger partial charge in [0.25, 0.3) is 11.5 Å². The average molecular weight is 897 g/mol. The number of piperazine rings is 1. The van der Waals surface area contributed by atoms with E-state index in [0.717, 1.165) is 18.9 Å². The van der Waals surface area contributed by atoms with Gasteiger partial charge in [-0.25, -0.2) is 9.07 Å². The molecule has 1 unspecified atom stereocenters. The van der Waals surface area contributed by atoms with Crippen molar-refractivity contribution in [1.29, 1.82) is 0 Å². The molecule has 0 bridgehead atoms. The third-order valence-electron chi connectivity index (χ3n) is 12.5. The topological polar surface area (TPSA) is 121 Å². The fourth-order valence-corrected chi connectivity index (χ4v) is 9.09. The second-order valence-corrected chi connectivity index (χ2v) is 17.0. The summed E-state index contributed by atoms with van der Waals surface area (Å²) in [5, 5.41) is 5.30. The molecule has 0 radical (unpaired) electrons. The number of rotatable bonds is 13. The lowest BCUT2D eigenvalue weighted by Gasteiger charge is -2.36. The summed E-state index contributed by atoms with van der Waals surface area (Å²) in [6.45, 7) is 2.93. The molecule has 64 heavy (non-hydrogen) atoms. The summed E-state index contributed by atoms with van der Waals surface area (Å²) < 4.78 is 108. The van der Waals surface area contributed by atoms with Crippen LogP contribution in [0.15, 0.2) is 76.3 Å². The van der Waals surface area contributed by atoms with Gasteiger partial charge in [0.05, 0.1) is 28.2 Å². The maximum atomic E-state index is 15.1. The molecule has 8 rings (SSSR count). The van der Waals surface area contributed by atoms with E-state index in [4.69, 9.17) is 4.74 Å². The first-order chi connectivity index (χ1) is 30.5. The van der Waals surface area contributed by atoms with E-state index in [9.17, 15) is 45.5 Å². The van der Waals surface area contributed by atoms with E-state index in [0.29, 0.717) is 73.5 Å². The highest BCUT2D eigenvalue weighted by atomic mass is 19.4. The summed E-state index contributed by atoms with van der Waals surface area (Å²) in [6, 6.07) is 13.7. The number of pyridine rings is 1. The number of carbonyl (C=O) groups excluding carboxylic acids is 2. The Morgan fingerprint density at radius 2 is 1.55 bits per heavy atom. The molecule has 3 fully saturated rings. The number of ether oxygens (including phenoxy) is 1. The summed E-state index contributed by atoms with van der Waals surface area (Å²) in [5.41, 5.74) is -1.45. The fourth-order valence-electron chi connectivity index (χ4n) is 9.09. The maximum absolute atomic E-state index is 15.1. The molecule has 3 atom stereocenters. The number of nitrogens with one attached hydrogen (secondary N) is 1. The van der Waals surface area contributed by atoms with Crippen molar-refractivity contribution in [1.82, 2.24) is 24.6 Å². The van der Waals surface area contributed by atoms with Crippen molar-refractivity contribution in [2.45, 2.75) is 95.4 Å². The van der Waals surface area contributed by atoms with Crippen molar-refractivity contribution < 1.29 is 45.1 Å². The van der Waals surface area contributed by atoms with Crippen molar-refractivity contribution in [2.75, 3.05) is 37.7 Å². The highest BCUT2D eigenvalue weighted by Gasteiger charge is 2.51. The summed E-state index contributed by atoms with van der Waals surface area (Å²) >= 11 is 0. The van der Waals surface area contributed by atoms with Crippen LogP contribution in [0.1, 0.15) is 79.0 Å². The van der Waals surface area contributed by atoms with Crippen LogP contribution in [0.3, 0.4) is 0 Å². The lowest BCUT2D eigenvalue weighted by atomic mass is 10.0. The molecule has 3 aromatic carbocycles. The minimum absolute atomic E-state index is 0.0723. The molecule has 11 nitrogen and oxygen atoms in total. The van der Waals surface area contributed by atoms with E-state index in [1.165, 1.54) is 33.8 Å². The number of nitrogens with zero attached hydrogens (tertiary/aromatic N) is 5. The van der Waals surface area contributed by atoms with Crippen LogP contribution in [0, 0.1) is 11.7 Å². The standard InChI is InChI=1S/C46H47F7N6O5/c1-27-9-16-39(59(27)30-13-15-37-33(25-30)35(45(48,49)50)26-40(60)54-37)41(46(51,52)53)64-22-6-2-5-17-58-44(63)32-8-4-3-7-31(32)38(55-58)24-28-10-14-36(47)34(23-28)43(62)57-20-18-56(19-21-57)42(61)29-11-12-29/h3-4,7-8,10,13-15,23,25-27,29,39,41H,2,5-6,9,11-12,16-22,24H2,1H3,(H,54,60)/t27-,39+,41?/m0/s1. The Morgan fingerprint density at radius 3 is 2.25 bits per heavy atom. The van der Waals surface area contributed by atoms with Gasteiger partial charge in [-0.05, 0) is 93.8 Å². The van der Waals surface area contributed by atoms with Gasteiger partial charge in [0, 0.05) is 85.8 Å². The van der Waals surface area contributed by atoms with Crippen LogP contribution in [-0.4, -0.2) is 93.5 Å². The Bertz CT molecular complexity index is 2670. The maximum Gasteiger partial charge on any atom is 0.417 e. The van der Waals surface area contributed by atoms with E-state index in [1.54, 1.807) is 47.1 Å². The average Bonchev–Trinajstić information content (AvgIpc) is 4.05. The SMILES string of the molecule is C[C@H]1CC[C@H](C(OCCCCCn2nc(Cc3ccc(F)c(C(=O)N4CCN(C(=O)C5CC5)CC4)c3)c3ccccc3c2=O)C(F)(F)F)N1c1ccc2[nH]c(=O)cc(C(F)(F)F)c2c1. The van der Waals surface area contributed by atoms with E-state index < -0.39 is 53.4 Å². The second-order valence-electron chi connectivity index (χ2n) is 17.0. The second kappa shape index (κ2) is 18.0. The van der Waals surface area contributed by atoms with Gasteiger partial charge in [-0.1, -0.05) is 24.3 Å². The molecule has 340 valence electrons. The van der Waals surface area contributed by atoms with Gasteiger partial charge in [-0.3, -0.25) is 19.2 Å². The van der Waals surface area contributed by atoms with Crippen molar-refractivity contribution in [3.8, 4) is 0 Å². The van der Waals surface area contributed by atoms with Crippen LogP contribution >= 0.6 is 0 Å². The number of hydrogen-bond acceptors (Lipinski definition) is 7. The van der Waals surface area contributed by atoms with Gasteiger partial charge in [-0.2, -0.15) is 31.4 Å². The zero-order valence-corrected chi connectivity index (χ0v) is 35.0. The van der Waals surface area contributed by atoms with Gasteiger partial charge in [0.1, 0.15) is 5.82 Å². The molecule has 2 aliphatic heterocycles. The quantitative estimate of drug-likeness (QED) is 0.0945. The van der Waals surface area contributed by atoms with Crippen LogP contribution in [0.4, 0.5) is 36.4 Å². The number of aromatic nitrogens is 3. The molecule has 3 aliphatic rings. The zero-order valence-electron chi connectivity index (χ0n) is 35.0. The minimum atomic E-state index is -4.87. The van der Waals surface area contributed by atoms with E-state index in [2.05, 4.69) is 10.1 Å². The first-order valence-corrected chi connectivity index (χ1v) is 21.5. The highest BCUT2D eigenvalue weighted by molar-refractivity contribution is 5.95. The monoisotopic (exact) mass is 896 g/mol. The number of aryl methyl sites for hydroxylation is 1. The highest BCUT2D eigenvalue weighted by Crippen LogP contribution is 2.41. The number of hydrogen-bond donors (Lipinski definition) is 1. The van der Waals surface area contributed by atoms with Crippen molar-refractivity contribution >= 4 is 39.2 Å². The first kappa shape index (κ1) is 44.8. The van der Waals surface area contributed by atoms with Gasteiger partial charge in [-0.15, -0.1) is 0 Å². The molecule has 0 spiro atoms. The van der Waals surface area contributed by atoms with Crippen LogP contribution in [0.5, 0.6) is 0 Å². The summed E-state index contributed by atoms with van der Waals surface area (Å²) in [5.74, 6) is -0.982. The Labute approximate surface area is 362 Å². The predicted molar refractivity (Wildman–Crippen MR) is 225 cm³/mol. The molecule has 18 heteroatoms. The zero-order chi connectivity index (χ0) is 45.5. The Kier molecular flexibility index (Phi) is 12.6. The largest absolute Gasteiger partial charge is 0.417 e. The molecule has 2 amide bonds. The smallest absolute Gasteiger partial charge is 0.367 e. The molecule has 4 heterocycles. The van der Waals surface area contributed by atoms with Crippen LogP contribution in [0.25, 0.3) is 21.7 Å². The summed E-state index contributed by atoms with van der Waals surface area (Å²) in [4.78, 5) is 58.6. The van der Waals surface area contributed by atoms with Crippen LogP contribution in [-0.2, 0) is 28.7 Å². The third kappa shape index (κ3) is 9.52. The van der Waals surface area contributed by atoms with Gasteiger partial charge in [0.2, 0.25) is 11.5 Å². The van der Waals surface area contributed by atoms with Gasteiger partial charge >= 0.3 is 12.4 Å². The summed E-state index contributed by atoms with van der Waals surface area (Å²) in [6.07, 6.45) is -8.60. The Morgan fingerprint density at radius 1 is 0.828 bits per heavy atom. The molecular formula is C46H47F7N6O5. The van der Waals surface area contributed by atoms with E-state index in [-0.39, 0.29) is 72.0 Å². The predicted octanol–water partition coefficient (Wildman–Crippen LogP) is 7.86. The normalized spacial score (nSPS) is 18.9. The summed E-state index contributed by atoms with van der Waals surface area (Å²) in [7, 11) is 0. The lowest BCUT2D eigenvalue weighted by Crippen LogP contribution is -2.51. The lowest BCUT2D eigenvalue weighted by molar-refractivity contribution is -0.226. The number of carbonyl (C=O) groups is 2. The Balaban J connectivity index is 0.914. The van der Waals surface area contributed by atoms with Crippen molar-refractivity contribution in [3.05, 3.63) is 116 Å². The number of fused-ring (bicyclic) bond motifs is 2. The minimum Gasteiger partial charge on any atom is -0.367 e. The molecule has 1 aliphatic carbocycles. The van der Waals surface area contributed by atoms with Crippen molar-refractivity contribution in [3.63, 3.8) is 0 Å². The van der Waals surface area contributed by atoms with Gasteiger partial charge < -0.3 is 24.4 Å². The Hall–Kier alpha value is -5.78. The number of benzene rings is 3. The number of amides is 2. The molecule has 1 N–H and O–H groups in total. The van der Waals surface area contributed by atoms with E-state index >= 15 is 4.39 Å². The molecular weight excluding hydrogens is 850 g/mol. The number of H-pyrrole nitrogens is 1. The number of halogens is 7. The van der Waals surface area contributed by atoms with Crippen LogP contribution < -0.4 is 16.0 Å². The first-order valence-electron chi connectivity index (χ1n) is 21.5. The number of unbranched alkanes of at least 4 members (excludes halogenated alkanes) is 2. The van der Waals surface area contributed by atoms with Crippen molar-refractivity contribution in [2.24, 2.45) is 5.92 Å². The molecule has 2 aromatic heterocycles. The number of anilines is 1. The fraction of sp³-hybridized carbons (Fsp3) is 0.457. The van der Waals surface area contributed by atoms with E-state index in [1.807, 2.05) is 0 Å². The van der Waals surface area contributed by atoms with Crippen LogP contribution in [0.2, 0.25) is 0 Å². The van der Waals surface area contributed by atoms with Gasteiger partial charge in [0.15, 0.2) is 6.10 Å². The molecule has 2 saturated heterocycles. The third-order valence-corrected chi connectivity index (χ3v) is 12.5.